The van der Waals surface area contributed by atoms with Gasteiger partial charge in [-0.25, -0.2) is 4.98 Å². The molecule has 1 saturated carbocycles. The third-order valence-corrected chi connectivity index (χ3v) is 4.12. The first-order valence-corrected chi connectivity index (χ1v) is 6.63. The summed E-state index contributed by atoms with van der Waals surface area (Å²) in [5.74, 6) is 2.18. The van der Waals surface area contributed by atoms with Gasteiger partial charge in [-0.1, -0.05) is 38.3 Å². The summed E-state index contributed by atoms with van der Waals surface area (Å²) >= 11 is 5.84. The lowest BCUT2D eigenvalue weighted by Crippen LogP contribution is -2.35. The molecule has 0 saturated heterocycles. The minimum absolute atomic E-state index is 0.467. The van der Waals surface area contributed by atoms with E-state index in [2.05, 4.69) is 24.1 Å². The van der Waals surface area contributed by atoms with Crippen molar-refractivity contribution in [3.63, 3.8) is 0 Å². The second-order valence-electron chi connectivity index (χ2n) is 5.11. The summed E-state index contributed by atoms with van der Waals surface area (Å²) in [6.45, 7) is 4.62. The fraction of sp³-hybridized carbons (Fsp3) is 0.615. The number of nitrogens with one attached hydrogen (secondary N) is 1. The smallest absolute Gasteiger partial charge is 0.149 e. The lowest BCUT2D eigenvalue weighted by molar-refractivity contribution is 0.253. The maximum atomic E-state index is 5.91. The highest BCUT2D eigenvalue weighted by molar-refractivity contribution is 6.30. The third-order valence-electron chi connectivity index (χ3n) is 3.91. The predicted octanol–water partition coefficient (Wildman–Crippen LogP) is 3.55. The lowest BCUT2D eigenvalue weighted by Gasteiger charge is -2.35. The van der Waals surface area contributed by atoms with E-state index in [4.69, 9.17) is 17.3 Å². The zero-order valence-electron chi connectivity index (χ0n) is 10.4. The average molecular weight is 254 g/mol. The van der Waals surface area contributed by atoms with E-state index in [1.165, 1.54) is 19.3 Å². The Morgan fingerprint density at radius 1 is 1.41 bits per heavy atom. The molecule has 1 aliphatic rings. The highest BCUT2D eigenvalue weighted by Gasteiger charge is 2.27. The first-order chi connectivity index (χ1) is 8.08. The topological polar surface area (TPSA) is 50.9 Å². The van der Waals surface area contributed by atoms with E-state index in [1.807, 2.05) is 0 Å². The lowest BCUT2D eigenvalue weighted by atomic mass is 9.78. The highest BCUT2D eigenvalue weighted by atomic mass is 35.5. The van der Waals surface area contributed by atoms with Crippen molar-refractivity contribution in [3.05, 3.63) is 17.3 Å². The van der Waals surface area contributed by atoms with Crippen LogP contribution in [0.15, 0.2) is 12.3 Å². The van der Waals surface area contributed by atoms with Crippen LogP contribution < -0.4 is 11.1 Å². The maximum Gasteiger partial charge on any atom is 0.149 e. The zero-order chi connectivity index (χ0) is 12.4. The number of pyridine rings is 1. The van der Waals surface area contributed by atoms with Crippen molar-refractivity contribution in [1.29, 1.82) is 0 Å². The van der Waals surface area contributed by atoms with Crippen molar-refractivity contribution in [1.82, 2.24) is 4.98 Å². The molecule has 17 heavy (non-hydrogen) atoms. The molecule has 1 heterocycles. The Bertz CT molecular complexity index is 394. The number of anilines is 2. The second kappa shape index (κ2) is 5.13. The average Bonchev–Trinajstić information content (AvgIpc) is 2.28. The van der Waals surface area contributed by atoms with Gasteiger partial charge in [0.2, 0.25) is 0 Å². The van der Waals surface area contributed by atoms with Crippen LogP contribution >= 0.6 is 11.6 Å². The normalized spacial score (nSPS) is 29.0. The van der Waals surface area contributed by atoms with Gasteiger partial charge >= 0.3 is 0 Å². The van der Waals surface area contributed by atoms with Crippen molar-refractivity contribution in [2.75, 3.05) is 11.1 Å². The third kappa shape index (κ3) is 2.83. The molecule has 94 valence electrons. The number of halogens is 1. The molecule has 3 nitrogen and oxygen atoms in total. The minimum atomic E-state index is 0.467. The van der Waals surface area contributed by atoms with Gasteiger partial charge in [0.05, 0.1) is 10.7 Å². The number of hydrogen-bond donors (Lipinski definition) is 2. The molecule has 1 aromatic heterocycles. The Morgan fingerprint density at radius 2 is 2.18 bits per heavy atom. The molecule has 2 rings (SSSR count). The molecule has 0 aliphatic heterocycles. The summed E-state index contributed by atoms with van der Waals surface area (Å²) in [7, 11) is 0. The van der Waals surface area contributed by atoms with Gasteiger partial charge in [0.1, 0.15) is 5.82 Å². The molecule has 1 aliphatic carbocycles. The standard InChI is InChI=1S/C13H20ClN3/c1-8-4-3-5-12(9(8)2)17-13-11(15)6-10(14)7-16-13/h6-9,12H,3-5,15H2,1-2H3,(H,16,17). The number of nitrogen functional groups attached to an aromatic ring is 1. The molecule has 1 fully saturated rings. The largest absolute Gasteiger partial charge is 0.396 e. The van der Waals surface area contributed by atoms with E-state index >= 15 is 0 Å². The molecular weight excluding hydrogens is 234 g/mol. The van der Waals surface area contributed by atoms with Crippen LogP contribution in [0.1, 0.15) is 33.1 Å². The maximum absolute atomic E-state index is 5.91. The van der Waals surface area contributed by atoms with Crippen LogP contribution in [0.4, 0.5) is 11.5 Å². The minimum Gasteiger partial charge on any atom is -0.396 e. The predicted molar refractivity (Wildman–Crippen MR) is 73.2 cm³/mol. The molecule has 3 unspecified atom stereocenters. The van der Waals surface area contributed by atoms with E-state index in [-0.39, 0.29) is 0 Å². The molecule has 0 radical (unpaired) electrons. The molecule has 3 N–H and O–H groups in total. The fourth-order valence-corrected chi connectivity index (χ4v) is 2.70. The molecule has 0 aromatic carbocycles. The Labute approximate surface area is 108 Å². The van der Waals surface area contributed by atoms with Gasteiger partial charge in [0, 0.05) is 12.2 Å². The van der Waals surface area contributed by atoms with Gasteiger partial charge in [-0.15, -0.1) is 0 Å². The molecule has 1 aromatic rings. The van der Waals surface area contributed by atoms with Gasteiger partial charge in [-0.3, -0.25) is 0 Å². The van der Waals surface area contributed by atoms with Crippen LogP contribution in [0.25, 0.3) is 0 Å². The van der Waals surface area contributed by atoms with Crippen LogP contribution in [0, 0.1) is 11.8 Å². The van der Waals surface area contributed by atoms with Crippen LogP contribution in [0.5, 0.6) is 0 Å². The Balaban J connectivity index is 2.09. The van der Waals surface area contributed by atoms with Gasteiger partial charge in [0.25, 0.3) is 0 Å². The molecule has 0 amide bonds. The number of nitrogens with zero attached hydrogens (tertiary/aromatic N) is 1. The number of aromatic nitrogens is 1. The Hall–Kier alpha value is -0.960. The number of rotatable bonds is 2. The van der Waals surface area contributed by atoms with Gasteiger partial charge in [-0.2, -0.15) is 0 Å². The second-order valence-corrected chi connectivity index (χ2v) is 5.55. The quantitative estimate of drug-likeness (QED) is 0.848. The number of hydrogen-bond acceptors (Lipinski definition) is 3. The van der Waals surface area contributed by atoms with Gasteiger partial charge in [0.15, 0.2) is 0 Å². The zero-order valence-corrected chi connectivity index (χ0v) is 11.2. The van der Waals surface area contributed by atoms with Crippen LogP contribution in [0.2, 0.25) is 5.02 Å². The summed E-state index contributed by atoms with van der Waals surface area (Å²) in [5, 5.41) is 4.04. The first kappa shape index (κ1) is 12.5. The van der Waals surface area contributed by atoms with Crippen molar-refractivity contribution >= 4 is 23.1 Å². The van der Waals surface area contributed by atoms with Crippen molar-refractivity contribution in [2.24, 2.45) is 11.8 Å². The van der Waals surface area contributed by atoms with E-state index in [1.54, 1.807) is 12.3 Å². The molecule has 3 atom stereocenters. The Morgan fingerprint density at radius 3 is 2.88 bits per heavy atom. The summed E-state index contributed by atoms with van der Waals surface area (Å²) in [5.41, 5.74) is 6.54. The summed E-state index contributed by atoms with van der Waals surface area (Å²) in [4.78, 5) is 4.26. The fourth-order valence-electron chi connectivity index (χ4n) is 2.54. The summed E-state index contributed by atoms with van der Waals surface area (Å²) in [6, 6.07) is 2.21. The number of nitrogens with two attached hydrogens (primary N) is 1. The van der Waals surface area contributed by atoms with Crippen molar-refractivity contribution in [3.8, 4) is 0 Å². The van der Waals surface area contributed by atoms with Crippen LogP contribution in [0.3, 0.4) is 0 Å². The van der Waals surface area contributed by atoms with Crippen molar-refractivity contribution < 1.29 is 0 Å². The molecule has 0 spiro atoms. The van der Waals surface area contributed by atoms with Gasteiger partial charge < -0.3 is 11.1 Å². The monoisotopic (exact) mass is 253 g/mol. The first-order valence-electron chi connectivity index (χ1n) is 6.25. The molecule has 4 heteroatoms. The van der Waals surface area contributed by atoms with Gasteiger partial charge in [-0.05, 0) is 24.3 Å². The van der Waals surface area contributed by atoms with E-state index in [9.17, 15) is 0 Å². The van der Waals surface area contributed by atoms with E-state index in [0.29, 0.717) is 22.7 Å². The highest BCUT2D eigenvalue weighted by Crippen LogP contribution is 2.32. The van der Waals surface area contributed by atoms with Crippen molar-refractivity contribution in [2.45, 2.75) is 39.2 Å². The van der Waals surface area contributed by atoms with E-state index in [0.717, 1.165) is 11.7 Å². The SMILES string of the molecule is CC1CCCC(Nc2ncc(Cl)cc2N)C1C. The summed E-state index contributed by atoms with van der Waals surface area (Å²) in [6.07, 6.45) is 5.42. The van der Waals surface area contributed by atoms with E-state index < -0.39 is 0 Å². The van der Waals surface area contributed by atoms with Crippen LogP contribution in [-0.4, -0.2) is 11.0 Å². The van der Waals surface area contributed by atoms with Crippen LogP contribution in [-0.2, 0) is 0 Å². The molecule has 0 bridgehead atoms. The summed E-state index contributed by atoms with van der Waals surface area (Å²) < 4.78 is 0. The Kier molecular flexibility index (Phi) is 3.77. The molecular formula is C13H20ClN3.